The molecule has 164 valence electrons. The molecule has 0 atom stereocenters. The molecule has 0 fully saturated rings. The third kappa shape index (κ3) is 4.63. The van der Waals surface area contributed by atoms with Crippen LogP contribution >= 0.6 is 0 Å². The molecule has 0 saturated heterocycles. The summed E-state index contributed by atoms with van der Waals surface area (Å²) in [6.07, 6.45) is 2.21. The zero-order valence-electron chi connectivity index (χ0n) is 18.5. The summed E-state index contributed by atoms with van der Waals surface area (Å²) in [5, 5.41) is 9.43. The summed E-state index contributed by atoms with van der Waals surface area (Å²) in [6, 6.07) is 14.2. The fourth-order valence-corrected chi connectivity index (χ4v) is 3.78. The molecule has 0 saturated carbocycles. The highest BCUT2D eigenvalue weighted by Crippen LogP contribution is 2.25. The van der Waals surface area contributed by atoms with Gasteiger partial charge in [-0.25, -0.2) is 9.59 Å². The fraction of sp³-hybridized carbons (Fsp3) is 0.360. The Morgan fingerprint density at radius 1 is 1.06 bits per heavy atom. The first kappa shape index (κ1) is 22.5. The molecule has 6 heteroatoms. The van der Waals surface area contributed by atoms with Crippen molar-refractivity contribution >= 4 is 5.97 Å². The number of halogens is 1. The van der Waals surface area contributed by atoms with Gasteiger partial charge in [-0.2, -0.15) is 4.39 Å². The Labute approximate surface area is 181 Å². The van der Waals surface area contributed by atoms with E-state index in [0.29, 0.717) is 17.7 Å². The number of benzene rings is 2. The molecule has 0 amide bonds. The normalized spacial score (nSPS) is 11.6. The molecule has 0 radical (unpaired) electrons. The van der Waals surface area contributed by atoms with Crippen LogP contribution in [0.5, 0.6) is 0 Å². The minimum absolute atomic E-state index is 0.234. The SMILES string of the molecule is CCCCc1c(F)n(C(C)(C)C)c(=O)n1Cc1ccc(-c2ccccc2C(=O)O)cc1. The van der Waals surface area contributed by atoms with Crippen LogP contribution in [0.2, 0.25) is 0 Å². The molecule has 0 aliphatic heterocycles. The largest absolute Gasteiger partial charge is 0.478 e. The molecule has 1 heterocycles. The zero-order chi connectivity index (χ0) is 22.8. The van der Waals surface area contributed by atoms with E-state index in [9.17, 15) is 14.7 Å². The maximum absolute atomic E-state index is 15.2. The minimum atomic E-state index is -0.981. The van der Waals surface area contributed by atoms with Gasteiger partial charge in [0.05, 0.1) is 17.8 Å². The van der Waals surface area contributed by atoms with Crippen LogP contribution in [0.3, 0.4) is 0 Å². The second-order valence-corrected chi connectivity index (χ2v) is 8.76. The van der Waals surface area contributed by atoms with Crippen molar-refractivity contribution in [2.24, 2.45) is 0 Å². The molecule has 0 bridgehead atoms. The average molecular weight is 425 g/mol. The third-order valence-electron chi connectivity index (χ3n) is 5.38. The predicted octanol–water partition coefficient (Wildman–Crippen LogP) is 5.30. The summed E-state index contributed by atoms with van der Waals surface area (Å²) >= 11 is 0. The van der Waals surface area contributed by atoms with Crippen molar-refractivity contribution in [1.29, 1.82) is 0 Å². The van der Waals surface area contributed by atoms with Gasteiger partial charge < -0.3 is 5.11 Å². The van der Waals surface area contributed by atoms with E-state index in [0.717, 1.165) is 24.0 Å². The molecule has 0 aliphatic carbocycles. The second-order valence-electron chi connectivity index (χ2n) is 8.76. The first-order valence-electron chi connectivity index (χ1n) is 10.6. The highest BCUT2D eigenvalue weighted by molar-refractivity contribution is 5.95. The summed E-state index contributed by atoms with van der Waals surface area (Å²) in [5.74, 6) is -1.44. The van der Waals surface area contributed by atoms with Gasteiger partial charge in [0.2, 0.25) is 5.95 Å². The van der Waals surface area contributed by atoms with Crippen molar-refractivity contribution in [3.63, 3.8) is 0 Å². The molecule has 0 unspecified atom stereocenters. The van der Waals surface area contributed by atoms with E-state index in [1.165, 1.54) is 9.13 Å². The van der Waals surface area contributed by atoms with Gasteiger partial charge in [-0.3, -0.25) is 9.13 Å². The molecule has 31 heavy (non-hydrogen) atoms. The Morgan fingerprint density at radius 2 is 1.71 bits per heavy atom. The topological polar surface area (TPSA) is 64.2 Å². The van der Waals surface area contributed by atoms with Gasteiger partial charge in [0.25, 0.3) is 0 Å². The molecule has 5 nitrogen and oxygen atoms in total. The standard InChI is InChI=1S/C25H29FN2O3/c1-5-6-11-21-22(26)28(25(2,3)4)24(31)27(21)16-17-12-14-18(15-13-17)19-9-7-8-10-20(19)23(29)30/h7-10,12-15H,5-6,11,16H2,1-4H3,(H,29,30). The number of hydrogen-bond donors (Lipinski definition) is 1. The number of unbranched alkanes of at least 4 members (excludes halogenated alkanes) is 1. The van der Waals surface area contributed by atoms with Gasteiger partial charge in [0, 0.05) is 5.54 Å². The van der Waals surface area contributed by atoms with Crippen molar-refractivity contribution in [3.8, 4) is 11.1 Å². The van der Waals surface area contributed by atoms with Gasteiger partial charge in [-0.15, -0.1) is 0 Å². The van der Waals surface area contributed by atoms with E-state index in [2.05, 4.69) is 0 Å². The first-order valence-corrected chi connectivity index (χ1v) is 10.6. The van der Waals surface area contributed by atoms with E-state index in [1.54, 1.807) is 24.3 Å². The van der Waals surface area contributed by atoms with Gasteiger partial charge >= 0.3 is 11.7 Å². The van der Waals surface area contributed by atoms with Crippen LogP contribution in [-0.2, 0) is 18.5 Å². The fourth-order valence-electron chi connectivity index (χ4n) is 3.78. The number of carbonyl (C=O) groups is 1. The number of carboxylic acid groups (broad SMARTS) is 1. The van der Waals surface area contributed by atoms with Crippen LogP contribution in [0.25, 0.3) is 11.1 Å². The molecule has 0 aliphatic rings. The third-order valence-corrected chi connectivity index (χ3v) is 5.38. The lowest BCUT2D eigenvalue weighted by Gasteiger charge is -2.19. The molecule has 2 aromatic carbocycles. The lowest BCUT2D eigenvalue weighted by molar-refractivity contribution is 0.0697. The average Bonchev–Trinajstić information content (AvgIpc) is 2.96. The summed E-state index contributed by atoms with van der Waals surface area (Å²) < 4.78 is 17.9. The number of aromatic carboxylic acids is 1. The molecule has 1 aromatic heterocycles. The second kappa shape index (κ2) is 8.92. The highest BCUT2D eigenvalue weighted by atomic mass is 19.1. The van der Waals surface area contributed by atoms with E-state index >= 15 is 4.39 Å². The molecular weight excluding hydrogens is 395 g/mol. The van der Waals surface area contributed by atoms with E-state index in [-0.39, 0.29) is 17.8 Å². The Morgan fingerprint density at radius 3 is 2.29 bits per heavy atom. The van der Waals surface area contributed by atoms with E-state index < -0.39 is 17.5 Å². The number of aromatic nitrogens is 2. The molecule has 1 N–H and O–H groups in total. The van der Waals surface area contributed by atoms with Gasteiger partial charge in [-0.1, -0.05) is 55.8 Å². The molecule has 3 rings (SSSR count). The van der Waals surface area contributed by atoms with E-state index in [4.69, 9.17) is 0 Å². The smallest absolute Gasteiger partial charge is 0.336 e. The molecular formula is C25H29FN2O3. The number of hydrogen-bond acceptors (Lipinski definition) is 2. The molecule has 3 aromatic rings. The summed E-state index contributed by atoms with van der Waals surface area (Å²) in [7, 11) is 0. The van der Waals surface area contributed by atoms with Crippen LogP contribution in [0.1, 0.15) is 62.2 Å². The Hall–Kier alpha value is -3.15. The Kier molecular flexibility index (Phi) is 6.48. The maximum atomic E-state index is 15.2. The van der Waals surface area contributed by atoms with Crippen molar-refractivity contribution in [3.05, 3.63) is 81.8 Å². The first-order chi connectivity index (χ1) is 14.6. The summed E-state index contributed by atoms with van der Waals surface area (Å²) in [5.41, 5.74) is 1.92. The number of nitrogens with zero attached hydrogens (tertiary/aromatic N) is 2. The molecule has 0 spiro atoms. The number of imidazole rings is 1. The maximum Gasteiger partial charge on any atom is 0.336 e. The van der Waals surface area contributed by atoms with Crippen molar-refractivity contribution in [2.75, 3.05) is 0 Å². The van der Waals surface area contributed by atoms with Crippen LogP contribution in [0.4, 0.5) is 4.39 Å². The quantitative estimate of drug-likeness (QED) is 0.560. The Balaban J connectivity index is 1.98. The van der Waals surface area contributed by atoms with Gasteiger partial charge in [0.1, 0.15) is 0 Å². The highest BCUT2D eigenvalue weighted by Gasteiger charge is 2.27. The van der Waals surface area contributed by atoms with Crippen LogP contribution in [0.15, 0.2) is 53.3 Å². The Bertz CT molecular complexity index is 1140. The van der Waals surface area contributed by atoms with Crippen molar-refractivity contribution < 1.29 is 14.3 Å². The van der Waals surface area contributed by atoms with Crippen molar-refractivity contribution in [1.82, 2.24) is 9.13 Å². The number of rotatable bonds is 7. The van der Waals surface area contributed by atoms with Crippen molar-refractivity contribution in [2.45, 2.75) is 59.0 Å². The predicted molar refractivity (Wildman–Crippen MR) is 120 cm³/mol. The van der Waals surface area contributed by atoms with Crippen LogP contribution < -0.4 is 5.69 Å². The monoisotopic (exact) mass is 424 g/mol. The van der Waals surface area contributed by atoms with Crippen LogP contribution in [-0.4, -0.2) is 20.2 Å². The van der Waals surface area contributed by atoms with E-state index in [1.807, 2.05) is 52.0 Å². The lowest BCUT2D eigenvalue weighted by atomic mass is 9.99. The zero-order valence-corrected chi connectivity index (χ0v) is 18.5. The van der Waals surface area contributed by atoms with Gasteiger partial charge in [-0.05, 0) is 56.4 Å². The van der Waals surface area contributed by atoms with Gasteiger partial charge in [0.15, 0.2) is 0 Å². The van der Waals surface area contributed by atoms with Crippen LogP contribution in [0, 0.1) is 5.95 Å². The minimum Gasteiger partial charge on any atom is -0.478 e. The summed E-state index contributed by atoms with van der Waals surface area (Å²) in [4.78, 5) is 24.6. The number of carboxylic acids is 1. The lowest BCUT2D eigenvalue weighted by Crippen LogP contribution is -2.36. The summed E-state index contributed by atoms with van der Waals surface area (Å²) in [6.45, 7) is 7.76.